The van der Waals surface area contributed by atoms with E-state index >= 15 is 0 Å². The Kier molecular flexibility index (Phi) is 4.06. The van der Waals surface area contributed by atoms with Crippen molar-refractivity contribution in [3.05, 3.63) is 35.7 Å². The number of nitrogens with zero attached hydrogens (tertiary/aromatic N) is 3. The van der Waals surface area contributed by atoms with Crippen LogP contribution in [0.25, 0.3) is 21.6 Å². The summed E-state index contributed by atoms with van der Waals surface area (Å²) in [4.78, 5) is 23.3. The predicted octanol–water partition coefficient (Wildman–Crippen LogP) is 3.68. The van der Waals surface area contributed by atoms with Crippen molar-refractivity contribution in [3.8, 4) is 11.4 Å². The van der Waals surface area contributed by atoms with Crippen LogP contribution in [0, 0.1) is 0 Å². The molecule has 2 atom stereocenters. The van der Waals surface area contributed by atoms with Crippen molar-refractivity contribution in [3.63, 3.8) is 0 Å². The zero-order valence-electron chi connectivity index (χ0n) is 15.0. The molecule has 1 N–H and O–H groups in total. The van der Waals surface area contributed by atoms with Gasteiger partial charge >= 0.3 is 0 Å². The highest BCUT2D eigenvalue weighted by Crippen LogP contribution is 2.35. The number of carbonyl (C=O) groups excluding carboxylic acids is 1. The maximum Gasteiger partial charge on any atom is 0.221 e. The molecule has 2 fully saturated rings. The van der Waals surface area contributed by atoms with Gasteiger partial charge in [0.15, 0.2) is 11.6 Å². The Labute approximate surface area is 161 Å². The van der Waals surface area contributed by atoms with E-state index in [1.165, 1.54) is 6.92 Å². The van der Waals surface area contributed by atoms with E-state index in [1.807, 2.05) is 24.3 Å². The first-order valence-electron chi connectivity index (χ1n) is 9.19. The van der Waals surface area contributed by atoms with Crippen molar-refractivity contribution < 1.29 is 9.53 Å². The third-order valence-electron chi connectivity index (χ3n) is 5.09. The molecule has 2 aromatic heterocycles. The molecule has 2 aliphatic heterocycles. The van der Waals surface area contributed by atoms with E-state index in [4.69, 9.17) is 14.7 Å². The Balaban J connectivity index is 1.53. The van der Waals surface area contributed by atoms with Crippen molar-refractivity contribution in [2.45, 2.75) is 32.0 Å². The minimum Gasteiger partial charge on any atom is -0.371 e. The van der Waals surface area contributed by atoms with Crippen LogP contribution in [0.4, 0.5) is 11.5 Å². The van der Waals surface area contributed by atoms with E-state index in [1.54, 1.807) is 11.3 Å². The van der Waals surface area contributed by atoms with Gasteiger partial charge in [0.1, 0.15) is 0 Å². The van der Waals surface area contributed by atoms with E-state index in [0.717, 1.165) is 53.2 Å². The van der Waals surface area contributed by atoms with Gasteiger partial charge in [-0.1, -0.05) is 0 Å². The summed E-state index contributed by atoms with van der Waals surface area (Å²) in [5.41, 5.74) is 2.69. The normalized spacial score (nSPS) is 21.6. The van der Waals surface area contributed by atoms with Crippen LogP contribution in [0.5, 0.6) is 0 Å². The van der Waals surface area contributed by atoms with Gasteiger partial charge in [-0.05, 0) is 48.6 Å². The van der Waals surface area contributed by atoms with Crippen molar-refractivity contribution in [1.29, 1.82) is 0 Å². The molecular formula is C20H20N4O2S. The van der Waals surface area contributed by atoms with Crippen molar-refractivity contribution in [2.75, 3.05) is 23.3 Å². The minimum absolute atomic E-state index is 0.0806. The SMILES string of the molecule is CC(=O)Nc1ccc(-c2nc(N3CC4CCC(C3)O4)c3sccc3n2)cc1. The van der Waals surface area contributed by atoms with Crippen LogP contribution in [0.15, 0.2) is 35.7 Å². The topological polar surface area (TPSA) is 67.4 Å². The van der Waals surface area contributed by atoms with Gasteiger partial charge in [0.05, 0.1) is 22.4 Å². The van der Waals surface area contributed by atoms with Gasteiger partial charge in [-0.25, -0.2) is 9.97 Å². The second-order valence-corrected chi connectivity index (χ2v) is 8.04. The van der Waals surface area contributed by atoms with Crippen molar-refractivity contribution in [2.24, 2.45) is 0 Å². The second-order valence-electron chi connectivity index (χ2n) is 7.13. The van der Waals surface area contributed by atoms with E-state index in [0.29, 0.717) is 18.0 Å². The van der Waals surface area contributed by atoms with E-state index < -0.39 is 0 Å². The Bertz CT molecular complexity index is 989. The predicted molar refractivity (Wildman–Crippen MR) is 107 cm³/mol. The van der Waals surface area contributed by atoms with Gasteiger partial charge in [0.2, 0.25) is 5.91 Å². The number of aromatic nitrogens is 2. The highest BCUT2D eigenvalue weighted by atomic mass is 32.1. The number of rotatable bonds is 3. The molecule has 1 aromatic carbocycles. The van der Waals surface area contributed by atoms with Gasteiger partial charge in [-0.15, -0.1) is 11.3 Å². The molecule has 2 aliphatic rings. The smallest absolute Gasteiger partial charge is 0.221 e. The zero-order valence-corrected chi connectivity index (χ0v) is 15.8. The number of carbonyl (C=O) groups is 1. The fourth-order valence-corrected chi connectivity index (χ4v) is 4.73. The van der Waals surface area contributed by atoms with Gasteiger partial charge < -0.3 is 15.0 Å². The molecule has 138 valence electrons. The number of anilines is 2. The molecule has 2 saturated heterocycles. The molecule has 2 bridgehead atoms. The fourth-order valence-electron chi connectivity index (χ4n) is 3.89. The van der Waals surface area contributed by atoms with Crippen LogP contribution in [-0.4, -0.2) is 41.2 Å². The summed E-state index contributed by atoms with van der Waals surface area (Å²) in [7, 11) is 0. The lowest BCUT2D eigenvalue weighted by molar-refractivity contribution is -0.114. The summed E-state index contributed by atoms with van der Waals surface area (Å²) in [6, 6.07) is 9.71. The van der Waals surface area contributed by atoms with Crippen molar-refractivity contribution in [1.82, 2.24) is 9.97 Å². The summed E-state index contributed by atoms with van der Waals surface area (Å²) in [6.07, 6.45) is 2.90. The Morgan fingerprint density at radius 1 is 1.15 bits per heavy atom. The van der Waals surface area contributed by atoms with Gasteiger partial charge in [-0.2, -0.15) is 0 Å². The van der Waals surface area contributed by atoms with Crippen LogP contribution in [0.3, 0.4) is 0 Å². The molecule has 7 heteroatoms. The maximum atomic E-state index is 11.2. The third-order valence-corrected chi connectivity index (χ3v) is 5.99. The first-order chi connectivity index (χ1) is 13.2. The van der Waals surface area contributed by atoms with Crippen LogP contribution in [0.2, 0.25) is 0 Å². The molecule has 0 saturated carbocycles. The van der Waals surface area contributed by atoms with Crippen LogP contribution in [-0.2, 0) is 9.53 Å². The molecule has 2 unspecified atom stereocenters. The number of morpholine rings is 1. The van der Waals surface area contributed by atoms with E-state index in [2.05, 4.69) is 21.7 Å². The lowest BCUT2D eigenvalue weighted by atomic mass is 10.2. The number of hydrogen-bond donors (Lipinski definition) is 1. The summed E-state index contributed by atoms with van der Waals surface area (Å²) in [5.74, 6) is 1.64. The van der Waals surface area contributed by atoms with Crippen LogP contribution >= 0.6 is 11.3 Å². The molecule has 0 aliphatic carbocycles. The van der Waals surface area contributed by atoms with Crippen LogP contribution < -0.4 is 10.2 Å². The molecule has 27 heavy (non-hydrogen) atoms. The number of hydrogen-bond acceptors (Lipinski definition) is 6. The van der Waals surface area contributed by atoms with Gasteiger partial charge in [0.25, 0.3) is 0 Å². The van der Waals surface area contributed by atoms with Gasteiger partial charge in [-0.3, -0.25) is 4.79 Å². The average Bonchev–Trinajstić information content (AvgIpc) is 3.26. The molecule has 1 amide bonds. The Morgan fingerprint density at radius 3 is 2.59 bits per heavy atom. The first-order valence-corrected chi connectivity index (χ1v) is 10.1. The summed E-state index contributed by atoms with van der Waals surface area (Å²) in [5, 5.41) is 4.86. The monoisotopic (exact) mass is 380 g/mol. The fraction of sp³-hybridized carbons (Fsp3) is 0.350. The quantitative estimate of drug-likeness (QED) is 0.751. The molecule has 0 radical (unpaired) electrons. The highest BCUT2D eigenvalue weighted by Gasteiger charge is 2.35. The zero-order chi connectivity index (χ0) is 18.4. The number of benzene rings is 1. The largest absolute Gasteiger partial charge is 0.371 e. The Morgan fingerprint density at radius 2 is 1.89 bits per heavy atom. The molecule has 4 heterocycles. The average molecular weight is 380 g/mol. The maximum absolute atomic E-state index is 11.2. The summed E-state index contributed by atoms with van der Waals surface area (Å²) in [6.45, 7) is 3.28. The Hall–Kier alpha value is -2.51. The van der Waals surface area contributed by atoms with E-state index in [-0.39, 0.29) is 5.91 Å². The van der Waals surface area contributed by atoms with E-state index in [9.17, 15) is 4.79 Å². The standard InChI is InChI=1S/C20H20N4O2S/c1-12(25)21-14-4-2-13(3-5-14)19-22-17-8-9-27-18(17)20(23-19)24-10-15-6-7-16(11-24)26-15/h2-5,8-9,15-16H,6-7,10-11H2,1H3,(H,21,25). The molecule has 3 aromatic rings. The van der Waals surface area contributed by atoms with Crippen molar-refractivity contribution >= 4 is 39.0 Å². The van der Waals surface area contributed by atoms with Crippen LogP contribution in [0.1, 0.15) is 19.8 Å². The number of thiophene rings is 1. The first kappa shape index (κ1) is 16.6. The lowest BCUT2D eigenvalue weighted by Crippen LogP contribution is -2.43. The minimum atomic E-state index is -0.0806. The highest BCUT2D eigenvalue weighted by molar-refractivity contribution is 7.17. The molecular weight excluding hydrogens is 360 g/mol. The third kappa shape index (κ3) is 3.17. The number of fused-ring (bicyclic) bond motifs is 3. The molecule has 0 spiro atoms. The summed E-state index contributed by atoms with van der Waals surface area (Å²) < 4.78 is 7.12. The summed E-state index contributed by atoms with van der Waals surface area (Å²) >= 11 is 1.69. The number of nitrogens with one attached hydrogen (secondary N) is 1. The lowest BCUT2D eigenvalue weighted by Gasteiger charge is -2.33. The number of amides is 1. The molecule has 5 rings (SSSR count). The van der Waals surface area contributed by atoms with Gasteiger partial charge in [0, 0.05) is 31.3 Å². The second kappa shape index (κ2) is 6.58. The molecule has 6 nitrogen and oxygen atoms in total. The number of ether oxygens (including phenoxy) is 1.